The summed E-state index contributed by atoms with van der Waals surface area (Å²) in [5.74, 6) is 0. The molecule has 0 aliphatic heterocycles. The monoisotopic (exact) mass is 840 g/mol. The van der Waals surface area contributed by atoms with E-state index in [1.165, 1.54) is 87.6 Å². The maximum atomic E-state index is 2.37. The molecule has 0 fully saturated rings. The Balaban J connectivity index is 0.000000212. The van der Waals surface area contributed by atoms with Crippen LogP contribution in [-0.4, -0.2) is 5.43 Å². The average Bonchev–Trinajstić information content (AvgIpc) is 3.65. The molecule has 0 heterocycles. The Morgan fingerprint density at radius 1 is 0.444 bits per heavy atom. The van der Waals surface area contributed by atoms with Crippen LogP contribution in [-0.2, 0) is 34.2 Å². The maximum absolute atomic E-state index is 2.37. The summed E-state index contributed by atoms with van der Waals surface area (Å²) in [7, 11) is 0. The van der Waals surface area contributed by atoms with Gasteiger partial charge in [0.2, 0.25) is 0 Å². The Morgan fingerprint density at radius 3 is 1.09 bits per heavy atom. The van der Waals surface area contributed by atoms with E-state index >= 15 is 0 Å². The first-order chi connectivity index (χ1) is 24.7. The van der Waals surface area contributed by atoms with Crippen LogP contribution in [0.1, 0.15) is 63.8 Å². The molecule has 0 amide bonds. The van der Waals surface area contributed by atoms with Crippen LogP contribution in [0.15, 0.2) is 133 Å². The number of benzene rings is 6. The first kappa shape index (κ1) is 43.5. The molecule has 276 valence electrons. The van der Waals surface area contributed by atoms with Crippen molar-refractivity contribution >= 4 is 48.5 Å². The molecule has 0 aromatic heterocycles. The van der Waals surface area contributed by atoms with Gasteiger partial charge in [-0.05, 0) is 43.5 Å². The van der Waals surface area contributed by atoms with Crippen LogP contribution in [0.3, 0.4) is 0 Å². The molecule has 0 saturated carbocycles. The van der Waals surface area contributed by atoms with Gasteiger partial charge in [-0.1, -0.05) is 164 Å². The first-order valence-electron chi connectivity index (χ1n) is 18.5. The van der Waals surface area contributed by atoms with Crippen molar-refractivity contribution in [2.24, 2.45) is 0 Å². The van der Waals surface area contributed by atoms with Crippen LogP contribution in [0, 0.1) is 13.8 Å². The molecule has 0 atom stereocenters. The minimum atomic E-state index is 0. The number of hydrogen-bond donors (Lipinski definition) is 0. The molecule has 54 heavy (non-hydrogen) atoms. The van der Waals surface area contributed by atoms with Crippen LogP contribution >= 0.6 is 0 Å². The second-order valence-electron chi connectivity index (χ2n) is 16.5. The number of hydrogen-bond acceptors (Lipinski definition) is 0. The van der Waals surface area contributed by atoms with Crippen LogP contribution in [0.5, 0.6) is 0 Å². The zero-order chi connectivity index (χ0) is 37.4. The van der Waals surface area contributed by atoms with E-state index in [2.05, 4.69) is 202 Å². The number of aryl methyl sites for hydroxylation is 2. The minimum Gasteiger partial charge on any atom is -1.00 e. The molecule has 0 spiro atoms. The third-order valence-corrected chi connectivity index (χ3v) is 10.1. The second kappa shape index (κ2) is 17.7. The Hall–Kier alpha value is -3.26. The van der Waals surface area contributed by atoms with Crippen molar-refractivity contribution in [3.63, 3.8) is 0 Å². The van der Waals surface area contributed by atoms with Crippen LogP contribution in [0.2, 0.25) is 13.1 Å². The fourth-order valence-electron chi connectivity index (χ4n) is 7.94. The van der Waals surface area contributed by atoms with Crippen molar-refractivity contribution < 1.29 is 48.1 Å². The van der Waals surface area contributed by atoms with Crippen molar-refractivity contribution in [1.82, 2.24) is 0 Å². The molecule has 8 aromatic rings. The number of fused-ring (bicyclic) bond motifs is 4. The van der Waals surface area contributed by atoms with E-state index in [-0.39, 0.29) is 41.1 Å². The van der Waals surface area contributed by atoms with E-state index in [1.807, 2.05) is 0 Å². The molecule has 0 nitrogen and oxygen atoms in total. The summed E-state index contributed by atoms with van der Waals surface area (Å²) in [5.41, 5.74) is 11.6. The fourth-order valence-corrected chi connectivity index (χ4v) is 7.94. The average molecular weight is 843 g/mol. The van der Waals surface area contributed by atoms with E-state index < -0.39 is 0 Å². The third kappa shape index (κ3) is 9.06. The predicted octanol–water partition coefficient (Wildman–Crippen LogP) is 8.76. The SMILES string of the molecule is C[Si](C)=[Zr+2].Cc1c(C(C)(C)C)[cH-]c2cccc(-c3cccc4ccccc34)c12.Cc1c(C(C)(C)C)[cH-]c2cccc(-c3cccc4ccccc34)c12.[Cl-].[Cl-]. The van der Waals surface area contributed by atoms with Crippen LogP contribution in [0.4, 0.5) is 0 Å². The molecule has 8 aromatic carbocycles. The molecular weight excluding hydrogens is 791 g/mol. The number of rotatable bonds is 2. The maximum Gasteiger partial charge on any atom is -0.0114 e. The summed E-state index contributed by atoms with van der Waals surface area (Å²) in [5, 5.41) is 10.7. The van der Waals surface area contributed by atoms with Gasteiger partial charge < -0.3 is 24.8 Å². The fraction of sp³-hybridized carbons (Fsp3) is 0.240. The molecule has 0 aliphatic carbocycles. The van der Waals surface area contributed by atoms with Gasteiger partial charge in [0.1, 0.15) is 0 Å². The molecule has 0 bridgehead atoms. The molecule has 8 rings (SSSR count). The van der Waals surface area contributed by atoms with Crippen molar-refractivity contribution in [1.29, 1.82) is 0 Å². The van der Waals surface area contributed by atoms with Gasteiger partial charge in [-0.25, -0.2) is 0 Å². The van der Waals surface area contributed by atoms with Crippen molar-refractivity contribution in [2.75, 3.05) is 0 Å². The summed E-state index contributed by atoms with van der Waals surface area (Å²) in [6.07, 6.45) is 0. The Labute approximate surface area is 351 Å². The topological polar surface area (TPSA) is 0 Å². The van der Waals surface area contributed by atoms with Gasteiger partial charge in [0, 0.05) is 0 Å². The summed E-state index contributed by atoms with van der Waals surface area (Å²) in [6, 6.07) is 48.7. The molecular formula is C50H52Cl2SiZr-2. The van der Waals surface area contributed by atoms with Gasteiger partial charge in [0.15, 0.2) is 0 Å². The van der Waals surface area contributed by atoms with Gasteiger partial charge >= 0.3 is 41.9 Å². The zero-order valence-electron chi connectivity index (χ0n) is 33.5. The summed E-state index contributed by atoms with van der Waals surface area (Å²) >= 11 is 1.74. The Kier molecular flexibility index (Phi) is 14.2. The molecule has 0 aliphatic rings. The van der Waals surface area contributed by atoms with E-state index in [9.17, 15) is 0 Å². The quantitative estimate of drug-likeness (QED) is 0.121. The largest absolute Gasteiger partial charge is 1.00 e. The van der Waals surface area contributed by atoms with Gasteiger partial charge in [-0.15, -0.1) is 69.1 Å². The Morgan fingerprint density at radius 2 is 0.741 bits per heavy atom. The van der Waals surface area contributed by atoms with Crippen molar-refractivity contribution in [3.05, 3.63) is 156 Å². The summed E-state index contributed by atoms with van der Waals surface area (Å²) in [4.78, 5) is 0. The van der Waals surface area contributed by atoms with E-state index in [0.717, 1.165) is 0 Å². The van der Waals surface area contributed by atoms with Gasteiger partial charge in [-0.2, -0.15) is 11.1 Å². The molecule has 0 radical (unpaired) electrons. The van der Waals surface area contributed by atoms with E-state index in [1.54, 1.807) is 23.3 Å². The smallest absolute Gasteiger partial charge is 0.0114 e. The summed E-state index contributed by atoms with van der Waals surface area (Å²) < 4.78 is 0. The van der Waals surface area contributed by atoms with Gasteiger partial charge in [-0.3, -0.25) is 0 Å². The van der Waals surface area contributed by atoms with E-state index in [4.69, 9.17) is 0 Å². The van der Waals surface area contributed by atoms with Gasteiger partial charge in [0.25, 0.3) is 0 Å². The standard InChI is InChI=1S/2C24H23.C2H6Si.2ClH.Zr/c2*1-16-22(24(2,3)4)15-18-11-8-14-21(23(16)18)20-13-7-10-17-9-5-6-12-19(17)20;1-3-2;;;/h2*5-15H,1-4H3;1-2H3;2*1H;/q2*-1;;;;+2/p-2. The van der Waals surface area contributed by atoms with Gasteiger partial charge in [0.05, 0.1) is 0 Å². The van der Waals surface area contributed by atoms with Crippen LogP contribution in [0.25, 0.3) is 65.3 Å². The van der Waals surface area contributed by atoms with Crippen molar-refractivity contribution in [2.45, 2.75) is 79.3 Å². The molecule has 0 N–H and O–H groups in total. The zero-order valence-corrected chi connectivity index (χ0v) is 38.4. The second-order valence-corrected chi connectivity index (χ2v) is 25.8. The normalized spacial score (nSPS) is 11.3. The molecule has 0 saturated heterocycles. The molecule has 4 heteroatoms. The molecule has 0 unspecified atom stereocenters. The predicted molar refractivity (Wildman–Crippen MR) is 229 cm³/mol. The number of halogens is 2. The Bertz CT molecular complexity index is 2370. The van der Waals surface area contributed by atoms with E-state index in [0.29, 0.717) is 0 Å². The van der Waals surface area contributed by atoms with Crippen molar-refractivity contribution in [3.8, 4) is 22.3 Å². The summed E-state index contributed by atoms with van der Waals surface area (Å²) in [6.45, 7) is 23.0. The third-order valence-electron chi connectivity index (χ3n) is 10.1. The minimum absolute atomic E-state index is 0. The first-order valence-corrected chi connectivity index (χ1v) is 24.7. The van der Waals surface area contributed by atoms with Crippen LogP contribution < -0.4 is 24.8 Å².